The van der Waals surface area contributed by atoms with Gasteiger partial charge in [0.2, 0.25) is 0 Å². The fourth-order valence-corrected chi connectivity index (χ4v) is 2.42. The number of hydrogen-bond donors (Lipinski definition) is 3. The molecule has 1 aliphatic rings. The second-order valence-electron chi connectivity index (χ2n) is 4.35. The second kappa shape index (κ2) is 5.30. The third-order valence-corrected chi connectivity index (χ3v) is 3.29. The van der Waals surface area contributed by atoms with E-state index >= 15 is 0 Å². The van der Waals surface area contributed by atoms with Crippen LogP contribution >= 0.6 is 12.2 Å². The molecule has 1 fully saturated rings. The summed E-state index contributed by atoms with van der Waals surface area (Å²) in [4.78, 5) is 0. The maximum Gasteiger partial charge on any atom is 0.166 e. The van der Waals surface area contributed by atoms with Crippen LogP contribution in [-0.2, 0) is 0 Å². The molecule has 5 heteroatoms. The molecule has 1 aliphatic carbocycles. The van der Waals surface area contributed by atoms with E-state index in [0.29, 0.717) is 6.04 Å². The van der Waals surface area contributed by atoms with Crippen LogP contribution in [0.15, 0.2) is 12.4 Å². The number of nitrogens with one attached hydrogen (secondary N) is 3. The Hall–Kier alpha value is -1.10. The first kappa shape index (κ1) is 11.4. The lowest BCUT2D eigenvalue weighted by atomic mass is 10.2. The van der Waals surface area contributed by atoms with E-state index in [2.05, 4.69) is 27.8 Å². The highest BCUT2D eigenvalue weighted by molar-refractivity contribution is 7.80. The topological polar surface area (TPSA) is 52.7 Å². The van der Waals surface area contributed by atoms with E-state index in [0.717, 1.165) is 10.7 Å². The molecule has 3 N–H and O–H groups in total. The van der Waals surface area contributed by atoms with Gasteiger partial charge in [-0.15, -0.1) is 0 Å². The minimum absolute atomic E-state index is 0.195. The lowest BCUT2D eigenvalue weighted by molar-refractivity contribution is 0.606. The van der Waals surface area contributed by atoms with Crippen molar-refractivity contribution in [3.05, 3.63) is 18.0 Å². The van der Waals surface area contributed by atoms with E-state index in [-0.39, 0.29) is 6.04 Å². The van der Waals surface area contributed by atoms with Crippen LogP contribution in [-0.4, -0.2) is 21.4 Å². The fourth-order valence-electron chi connectivity index (χ4n) is 2.07. The first-order valence-corrected chi connectivity index (χ1v) is 6.22. The van der Waals surface area contributed by atoms with Gasteiger partial charge < -0.3 is 10.6 Å². The van der Waals surface area contributed by atoms with Gasteiger partial charge in [-0.05, 0) is 32.0 Å². The van der Waals surface area contributed by atoms with E-state index in [1.165, 1.54) is 25.7 Å². The number of nitrogens with zero attached hydrogens (tertiary/aromatic N) is 1. The molecule has 0 amide bonds. The molecule has 1 aromatic heterocycles. The predicted molar refractivity (Wildman–Crippen MR) is 68.1 cm³/mol. The van der Waals surface area contributed by atoms with E-state index in [9.17, 15) is 0 Å². The molecule has 88 valence electrons. The van der Waals surface area contributed by atoms with Crippen LogP contribution in [0.25, 0.3) is 0 Å². The fraction of sp³-hybridized carbons (Fsp3) is 0.636. The molecule has 1 atom stereocenters. The summed E-state index contributed by atoms with van der Waals surface area (Å²) in [6.07, 6.45) is 8.81. The van der Waals surface area contributed by atoms with Crippen molar-refractivity contribution in [1.82, 2.24) is 20.8 Å². The van der Waals surface area contributed by atoms with Crippen LogP contribution < -0.4 is 10.6 Å². The van der Waals surface area contributed by atoms with Crippen molar-refractivity contribution in [3.63, 3.8) is 0 Å². The molecule has 0 aliphatic heterocycles. The average molecular weight is 238 g/mol. The van der Waals surface area contributed by atoms with Crippen molar-refractivity contribution < 1.29 is 0 Å². The van der Waals surface area contributed by atoms with Gasteiger partial charge in [0.05, 0.1) is 12.2 Å². The van der Waals surface area contributed by atoms with Gasteiger partial charge in [0.25, 0.3) is 0 Å². The third kappa shape index (κ3) is 2.95. The molecular formula is C11H18N4S. The zero-order chi connectivity index (χ0) is 11.4. The molecule has 2 rings (SSSR count). The summed E-state index contributed by atoms with van der Waals surface area (Å²) in [5.74, 6) is 0. The standard InChI is InChI=1S/C11H18N4S/c1-8(9-6-12-13-7-9)14-11(16)15-10-4-2-3-5-10/h6-8,10H,2-5H2,1H3,(H,12,13)(H2,14,15,16). The van der Waals surface area contributed by atoms with Gasteiger partial charge in [-0.25, -0.2) is 0 Å². The van der Waals surface area contributed by atoms with Crippen molar-refractivity contribution in [2.75, 3.05) is 0 Å². The monoisotopic (exact) mass is 238 g/mol. The second-order valence-corrected chi connectivity index (χ2v) is 4.76. The van der Waals surface area contributed by atoms with E-state index in [4.69, 9.17) is 12.2 Å². The highest BCUT2D eigenvalue weighted by Gasteiger charge is 2.16. The Morgan fingerprint density at radius 3 is 2.94 bits per heavy atom. The Balaban J connectivity index is 1.78. The summed E-state index contributed by atoms with van der Waals surface area (Å²) in [6.45, 7) is 2.08. The van der Waals surface area contributed by atoms with Gasteiger partial charge in [-0.1, -0.05) is 12.8 Å². The molecule has 0 aromatic carbocycles. The molecular weight excluding hydrogens is 220 g/mol. The van der Waals surface area contributed by atoms with Crippen LogP contribution in [0.1, 0.15) is 44.2 Å². The number of H-pyrrole nitrogens is 1. The van der Waals surface area contributed by atoms with E-state index < -0.39 is 0 Å². The van der Waals surface area contributed by atoms with Crippen LogP contribution in [0.2, 0.25) is 0 Å². The predicted octanol–water partition coefficient (Wildman–Crippen LogP) is 1.88. The van der Waals surface area contributed by atoms with Gasteiger partial charge in [0.15, 0.2) is 5.11 Å². The molecule has 1 unspecified atom stereocenters. The normalized spacial score (nSPS) is 18.3. The summed E-state index contributed by atoms with van der Waals surface area (Å²) in [7, 11) is 0. The Labute approximate surface area is 101 Å². The third-order valence-electron chi connectivity index (χ3n) is 3.06. The van der Waals surface area contributed by atoms with Gasteiger partial charge in [-0.2, -0.15) is 5.10 Å². The van der Waals surface area contributed by atoms with Crippen molar-refractivity contribution in [3.8, 4) is 0 Å². The number of rotatable bonds is 3. The van der Waals surface area contributed by atoms with E-state index in [1.54, 1.807) is 0 Å². The van der Waals surface area contributed by atoms with Gasteiger partial charge in [-0.3, -0.25) is 5.10 Å². The minimum Gasteiger partial charge on any atom is -0.360 e. The largest absolute Gasteiger partial charge is 0.360 e. The minimum atomic E-state index is 0.195. The van der Waals surface area contributed by atoms with Crippen molar-refractivity contribution >= 4 is 17.3 Å². The lowest BCUT2D eigenvalue weighted by Crippen LogP contribution is -2.41. The van der Waals surface area contributed by atoms with Crippen LogP contribution in [0.4, 0.5) is 0 Å². The summed E-state index contributed by atoms with van der Waals surface area (Å²) < 4.78 is 0. The molecule has 1 saturated carbocycles. The summed E-state index contributed by atoms with van der Waals surface area (Å²) in [5.41, 5.74) is 1.12. The zero-order valence-corrected chi connectivity index (χ0v) is 10.3. The van der Waals surface area contributed by atoms with Crippen LogP contribution in [0, 0.1) is 0 Å². The number of aromatic amines is 1. The first-order valence-electron chi connectivity index (χ1n) is 5.81. The number of aromatic nitrogens is 2. The summed E-state index contributed by atoms with van der Waals surface area (Å²) in [6, 6.07) is 0.761. The molecule has 0 bridgehead atoms. The van der Waals surface area contributed by atoms with Gasteiger partial charge >= 0.3 is 0 Å². The van der Waals surface area contributed by atoms with Crippen molar-refractivity contribution in [2.24, 2.45) is 0 Å². The first-order chi connectivity index (χ1) is 7.75. The zero-order valence-electron chi connectivity index (χ0n) is 9.49. The molecule has 1 heterocycles. The van der Waals surface area contributed by atoms with Crippen molar-refractivity contribution in [1.29, 1.82) is 0 Å². The van der Waals surface area contributed by atoms with Gasteiger partial charge in [0, 0.05) is 17.8 Å². The molecule has 0 radical (unpaired) electrons. The Morgan fingerprint density at radius 2 is 2.31 bits per heavy atom. The highest BCUT2D eigenvalue weighted by atomic mass is 32.1. The number of hydrogen-bond acceptors (Lipinski definition) is 2. The average Bonchev–Trinajstić information content (AvgIpc) is 2.88. The highest BCUT2D eigenvalue weighted by Crippen LogP contribution is 2.17. The summed E-state index contributed by atoms with van der Waals surface area (Å²) in [5, 5.41) is 14.1. The Morgan fingerprint density at radius 1 is 1.56 bits per heavy atom. The quantitative estimate of drug-likeness (QED) is 0.704. The number of thiocarbonyl (C=S) groups is 1. The van der Waals surface area contributed by atoms with Crippen LogP contribution in [0.3, 0.4) is 0 Å². The molecule has 16 heavy (non-hydrogen) atoms. The van der Waals surface area contributed by atoms with Crippen molar-refractivity contribution in [2.45, 2.75) is 44.7 Å². The lowest BCUT2D eigenvalue weighted by Gasteiger charge is -2.19. The Bertz CT molecular complexity index is 330. The molecule has 0 spiro atoms. The Kier molecular flexibility index (Phi) is 3.77. The molecule has 1 aromatic rings. The maximum absolute atomic E-state index is 5.29. The smallest absolute Gasteiger partial charge is 0.166 e. The van der Waals surface area contributed by atoms with E-state index in [1.807, 2.05) is 12.4 Å². The maximum atomic E-state index is 5.29. The van der Waals surface area contributed by atoms with Gasteiger partial charge in [0.1, 0.15) is 0 Å². The molecule has 4 nitrogen and oxygen atoms in total. The summed E-state index contributed by atoms with van der Waals surface area (Å²) >= 11 is 5.29. The SMILES string of the molecule is CC(NC(=S)NC1CCCC1)c1cn[nH]c1. The molecule has 0 saturated heterocycles. The van der Waals surface area contributed by atoms with Crippen LogP contribution in [0.5, 0.6) is 0 Å².